The minimum Gasteiger partial charge on any atom is -0.465 e. The normalized spacial score (nSPS) is 17.1. The van der Waals surface area contributed by atoms with Gasteiger partial charge in [-0.15, -0.1) is 0 Å². The Morgan fingerprint density at radius 1 is 1.02 bits per heavy atom. The van der Waals surface area contributed by atoms with E-state index < -0.39 is 36.1 Å². The summed E-state index contributed by atoms with van der Waals surface area (Å²) in [6, 6.07) is 25.0. The highest BCUT2D eigenvalue weighted by molar-refractivity contribution is 5.98. The second kappa shape index (κ2) is 14.3. The summed E-state index contributed by atoms with van der Waals surface area (Å²) in [6.45, 7) is 0.375. The molecule has 5 rings (SSSR count). The van der Waals surface area contributed by atoms with Crippen LogP contribution >= 0.6 is 0 Å². The van der Waals surface area contributed by atoms with E-state index in [0.717, 1.165) is 16.7 Å². The van der Waals surface area contributed by atoms with Gasteiger partial charge in [-0.25, -0.2) is 14.6 Å². The number of H-pyrrole nitrogens is 1. The van der Waals surface area contributed by atoms with Gasteiger partial charge in [0.25, 0.3) is 0 Å². The number of imidazole rings is 1. The Morgan fingerprint density at radius 2 is 1.68 bits per heavy atom. The number of methoxy groups -OCH3 is 1. The molecule has 1 aliphatic heterocycles. The van der Waals surface area contributed by atoms with E-state index in [2.05, 4.69) is 20.6 Å². The highest BCUT2D eigenvalue weighted by atomic mass is 16.5. The zero-order valence-corrected chi connectivity index (χ0v) is 24.3. The van der Waals surface area contributed by atoms with Crippen LogP contribution < -0.4 is 10.6 Å². The van der Waals surface area contributed by atoms with Crippen LogP contribution in [0.25, 0.3) is 0 Å². The summed E-state index contributed by atoms with van der Waals surface area (Å²) >= 11 is 0. The molecule has 4 aromatic rings. The molecule has 3 aromatic carbocycles. The molecule has 2 heterocycles. The number of rotatable bonds is 10. The fraction of sp³-hybridized carbons (Fsp3) is 0.273. The molecule has 0 unspecified atom stereocenters. The van der Waals surface area contributed by atoms with Crippen LogP contribution in [0.15, 0.2) is 97.3 Å². The standard InChI is InChI=1S/C33H35N5O6/c1-43-32(40)37-29(28(23-11-4-2-5-12-23)24-13-6-3-7-14-24)31(39)36-26-15-9-8-10-22(26)16-17-25-20-38(33(41)42)27(21-44-25)30-34-18-19-35-30/h2-15,18-19,25,27-29H,16-17,20-21H2,1H3,(H,34,35)(H,36,39)(H,37,40)(H,41,42)/t25-,27+,29+/m1/s1. The molecule has 44 heavy (non-hydrogen) atoms. The zero-order valence-electron chi connectivity index (χ0n) is 24.3. The Hall–Kier alpha value is -5.16. The molecule has 0 bridgehead atoms. The number of nitrogens with zero attached hydrogens (tertiary/aromatic N) is 2. The molecule has 0 radical (unpaired) electrons. The number of carbonyl (C=O) groups is 3. The first-order valence-electron chi connectivity index (χ1n) is 14.4. The van der Waals surface area contributed by atoms with Crippen molar-refractivity contribution in [3.05, 3.63) is 120 Å². The number of morpholine rings is 1. The molecule has 11 nitrogen and oxygen atoms in total. The van der Waals surface area contributed by atoms with Crippen LogP contribution in [-0.4, -0.2) is 70.5 Å². The number of hydrogen-bond acceptors (Lipinski definition) is 6. The Morgan fingerprint density at radius 3 is 2.30 bits per heavy atom. The van der Waals surface area contributed by atoms with E-state index in [9.17, 15) is 19.5 Å². The molecule has 0 saturated carbocycles. The van der Waals surface area contributed by atoms with Crippen molar-refractivity contribution in [3.8, 4) is 0 Å². The van der Waals surface area contributed by atoms with Gasteiger partial charge in [0.2, 0.25) is 5.91 Å². The summed E-state index contributed by atoms with van der Waals surface area (Å²) in [6.07, 6.45) is 2.19. The first-order valence-corrected chi connectivity index (χ1v) is 14.4. The maximum atomic E-state index is 14.0. The summed E-state index contributed by atoms with van der Waals surface area (Å²) in [4.78, 5) is 47.0. The Bertz CT molecular complexity index is 1490. The third-order valence-corrected chi connectivity index (χ3v) is 7.75. The minimum atomic E-state index is -1.04. The van der Waals surface area contributed by atoms with Crippen LogP contribution in [-0.2, 0) is 20.7 Å². The fourth-order valence-corrected chi connectivity index (χ4v) is 5.56. The van der Waals surface area contributed by atoms with Crippen LogP contribution in [0.1, 0.15) is 40.9 Å². The van der Waals surface area contributed by atoms with Gasteiger partial charge in [0, 0.05) is 24.0 Å². The van der Waals surface area contributed by atoms with Gasteiger partial charge in [-0.2, -0.15) is 0 Å². The third kappa shape index (κ3) is 7.24. The molecule has 1 aliphatic rings. The summed E-state index contributed by atoms with van der Waals surface area (Å²) in [5.41, 5.74) is 3.16. The predicted molar refractivity (Wildman–Crippen MR) is 163 cm³/mol. The number of ether oxygens (including phenoxy) is 2. The van der Waals surface area contributed by atoms with Crippen LogP contribution in [0.5, 0.6) is 0 Å². The molecule has 1 aromatic heterocycles. The highest BCUT2D eigenvalue weighted by Gasteiger charge is 2.35. The zero-order chi connectivity index (χ0) is 30.9. The molecule has 4 N–H and O–H groups in total. The largest absolute Gasteiger partial charge is 0.465 e. The number of aryl methyl sites for hydroxylation is 1. The van der Waals surface area contributed by atoms with E-state index in [0.29, 0.717) is 24.4 Å². The van der Waals surface area contributed by atoms with E-state index in [1.54, 1.807) is 18.5 Å². The smallest absolute Gasteiger partial charge is 0.408 e. The number of para-hydroxylation sites is 1. The van der Waals surface area contributed by atoms with Crippen molar-refractivity contribution < 1.29 is 29.0 Å². The second-order valence-electron chi connectivity index (χ2n) is 10.5. The van der Waals surface area contributed by atoms with Gasteiger partial charge < -0.3 is 30.2 Å². The quantitative estimate of drug-likeness (QED) is 0.202. The molecule has 0 spiro atoms. The number of carboxylic acid groups (broad SMARTS) is 1. The number of nitrogens with one attached hydrogen (secondary N) is 3. The lowest BCUT2D eigenvalue weighted by Gasteiger charge is -2.37. The van der Waals surface area contributed by atoms with Gasteiger partial charge in [-0.05, 0) is 35.6 Å². The molecule has 1 fully saturated rings. The molecule has 3 atom stereocenters. The second-order valence-corrected chi connectivity index (χ2v) is 10.5. The maximum absolute atomic E-state index is 14.0. The third-order valence-electron chi connectivity index (χ3n) is 7.75. The first kappa shape index (κ1) is 30.3. The summed E-state index contributed by atoms with van der Waals surface area (Å²) in [5, 5.41) is 15.6. The SMILES string of the molecule is COC(=O)N[C@H](C(=O)Nc1ccccc1CC[C@@H]1CN(C(=O)O)[C@H](c2ncc[nH]2)CO1)C(c1ccccc1)c1ccccc1. The highest BCUT2D eigenvalue weighted by Crippen LogP contribution is 2.30. The van der Waals surface area contributed by atoms with Gasteiger partial charge >= 0.3 is 12.2 Å². The Labute approximate surface area is 255 Å². The van der Waals surface area contributed by atoms with E-state index in [1.165, 1.54) is 12.0 Å². The van der Waals surface area contributed by atoms with Crippen molar-refractivity contribution in [1.82, 2.24) is 20.2 Å². The predicted octanol–water partition coefficient (Wildman–Crippen LogP) is 4.96. The molecule has 228 valence electrons. The van der Waals surface area contributed by atoms with E-state index in [-0.39, 0.29) is 19.3 Å². The molecule has 11 heteroatoms. The minimum absolute atomic E-state index is 0.185. The average Bonchev–Trinajstić information content (AvgIpc) is 3.60. The Balaban J connectivity index is 1.34. The summed E-state index contributed by atoms with van der Waals surface area (Å²) < 4.78 is 10.9. The Kier molecular flexibility index (Phi) is 9.88. The number of hydrogen-bond donors (Lipinski definition) is 4. The number of aromatic amines is 1. The lowest BCUT2D eigenvalue weighted by atomic mass is 9.84. The van der Waals surface area contributed by atoms with Crippen LogP contribution in [0.2, 0.25) is 0 Å². The van der Waals surface area contributed by atoms with Gasteiger partial charge in [0.15, 0.2) is 0 Å². The van der Waals surface area contributed by atoms with E-state index >= 15 is 0 Å². The first-order chi connectivity index (χ1) is 21.4. The van der Waals surface area contributed by atoms with Gasteiger partial charge in [0.1, 0.15) is 17.9 Å². The van der Waals surface area contributed by atoms with E-state index in [4.69, 9.17) is 9.47 Å². The molecule has 0 aliphatic carbocycles. The van der Waals surface area contributed by atoms with Crippen LogP contribution in [0.4, 0.5) is 15.3 Å². The number of alkyl carbamates (subject to hydrolysis) is 1. The topological polar surface area (TPSA) is 146 Å². The van der Waals surface area contributed by atoms with E-state index in [1.807, 2.05) is 78.9 Å². The molecule has 1 saturated heterocycles. The average molecular weight is 598 g/mol. The molecular formula is C33H35N5O6. The van der Waals surface area contributed by atoms with Crippen LogP contribution in [0, 0.1) is 0 Å². The fourth-order valence-electron chi connectivity index (χ4n) is 5.56. The molecule has 3 amide bonds. The monoisotopic (exact) mass is 597 g/mol. The number of aromatic nitrogens is 2. The number of benzene rings is 3. The van der Waals surface area contributed by atoms with Crippen molar-refractivity contribution in [2.75, 3.05) is 25.6 Å². The van der Waals surface area contributed by atoms with Crippen LogP contribution in [0.3, 0.4) is 0 Å². The summed E-state index contributed by atoms with van der Waals surface area (Å²) in [5.74, 6) is -0.366. The summed E-state index contributed by atoms with van der Waals surface area (Å²) in [7, 11) is 1.26. The lowest BCUT2D eigenvalue weighted by molar-refractivity contribution is -0.118. The lowest BCUT2D eigenvalue weighted by Crippen LogP contribution is -2.48. The van der Waals surface area contributed by atoms with Crippen molar-refractivity contribution in [2.45, 2.75) is 36.9 Å². The molecular weight excluding hydrogens is 562 g/mol. The number of anilines is 1. The maximum Gasteiger partial charge on any atom is 0.408 e. The van der Waals surface area contributed by atoms with Crippen molar-refractivity contribution >= 4 is 23.8 Å². The van der Waals surface area contributed by atoms with Gasteiger partial charge in [-0.3, -0.25) is 9.69 Å². The van der Waals surface area contributed by atoms with Crippen molar-refractivity contribution in [2.24, 2.45) is 0 Å². The van der Waals surface area contributed by atoms with Crippen molar-refractivity contribution in [1.29, 1.82) is 0 Å². The van der Waals surface area contributed by atoms with Gasteiger partial charge in [0.05, 0.1) is 26.4 Å². The number of carbonyl (C=O) groups excluding carboxylic acids is 2. The van der Waals surface area contributed by atoms with Gasteiger partial charge in [-0.1, -0.05) is 78.9 Å². The van der Waals surface area contributed by atoms with Crippen molar-refractivity contribution in [3.63, 3.8) is 0 Å². The number of amides is 3.